The molecule has 0 spiro atoms. The van der Waals surface area contributed by atoms with Gasteiger partial charge in [-0.3, -0.25) is 0 Å². The SMILES string of the molecule is CCCCCCCCCCCCO[P+](=O)O.[Ni]. The standard InChI is InChI=1S/C12H25O3P.Ni/c1-2-3-4-5-6-7-8-9-10-11-12-15-16(13)14;/h2-12H2,1H3;/p+1. The molecule has 0 radical (unpaired) electrons. The number of hydrogen-bond acceptors (Lipinski definition) is 2. The van der Waals surface area contributed by atoms with Crippen LogP contribution in [-0.4, -0.2) is 11.5 Å². The van der Waals surface area contributed by atoms with Gasteiger partial charge in [-0.15, -0.1) is 9.42 Å². The van der Waals surface area contributed by atoms with E-state index in [1.54, 1.807) is 0 Å². The summed E-state index contributed by atoms with van der Waals surface area (Å²) in [6.07, 6.45) is 12.7. The van der Waals surface area contributed by atoms with Crippen LogP contribution in [0, 0.1) is 0 Å². The molecule has 0 aliphatic carbocycles. The summed E-state index contributed by atoms with van der Waals surface area (Å²) in [7, 11) is -2.39. The molecule has 1 unspecified atom stereocenters. The molecule has 0 saturated heterocycles. The topological polar surface area (TPSA) is 46.5 Å². The fourth-order valence-electron chi connectivity index (χ4n) is 1.73. The van der Waals surface area contributed by atoms with Gasteiger partial charge in [0, 0.05) is 21.1 Å². The van der Waals surface area contributed by atoms with E-state index in [9.17, 15) is 4.57 Å². The molecule has 5 heteroatoms. The first-order valence-electron chi connectivity index (χ1n) is 6.56. The van der Waals surface area contributed by atoms with Gasteiger partial charge in [0.1, 0.15) is 6.61 Å². The van der Waals surface area contributed by atoms with Gasteiger partial charge in [-0.2, -0.15) is 0 Å². The molecule has 1 N–H and O–H groups in total. The summed E-state index contributed by atoms with van der Waals surface area (Å²) in [6, 6.07) is 0. The Morgan fingerprint density at radius 3 is 1.71 bits per heavy atom. The van der Waals surface area contributed by atoms with Crippen molar-refractivity contribution >= 4 is 8.25 Å². The summed E-state index contributed by atoms with van der Waals surface area (Å²) in [5.74, 6) is 0. The minimum absolute atomic E-state index is 0. The smallest absolute Gasteiger partial charge is 0.133 e. The Morgan fingerprint density at radius 1 is 0.882 bits per heavy atom. The first-order chi connectivity index (χ1) is 7.77. The van der Waals surface area contributed by atoms with Crippen LogP contribution in [0.2, 0.25) is 0 Å². The van der Waals surface area contributed by atoms with Crippen molar-refractivity contribution in [2.45, 2.75) is 71.1 Å². The molecule has 0 aliphatic heterocycles. The van der Waals surface area contributed by atoms with E-state index in [2.05, 4.69) is 11.4 Å². The zero-order chi connectivity index (χ0) is 12.1. The van der Waals surface area contributed by atoms with Gasteiger partial charge in [-0.05, 0) is 6.42 Å². The van der Waals surface area contributed by atoms with Crippen molar-refractivity contribution in [2.24, 2.45) is 0 Å². The van der Waals surface area contributed by atoms with E-state index in [1.165, 1.54) is 51.4 Å². The Kier molecular flexibility index (Phi) is 19.3. The van der Waals surface area contributed by atoms with Crippen molar-refractivity contribution in [1.82, 2.24) is 0 Å². The van der Waals surface area contributed by atoms with Crippen LogP contribution in [0.3, 0.4) is 0 Å². The van der Waals surface area contributed by atoms with Crippen molar-refractivity contribution in [3.8, 4) is 0 Å². The zero-order valence-electron chi connectivity index (χ0n) is 10.8. The molecule has 0 aromatic carbocycles. The van der Waals surface area contributed by atoms with Gasteiger partial charge in [0.25, 0.3) is 0 Å². The Hall–Kier alpha value is 0.514. The molecule has 3 nitrogen and oxygen atoms in total. The fourth-order valence-corrected chi connectivity index (χ4v) is 2.02. The molecule has 1 atom stereocenters. The Balaban J connectivity index is 0. The molecule has 0 aromatic heterocycles. The molecule has 0 aromatic rings. The normalized spacial score (nSPS) is 11.1. The quantitative estimate of drug-likeness (QED) is 0.326. The maximum atomic E-state index is 10.2. The van der Waals surface area contributed by atoms with E-state index in [-0.39, 0.29) is 16.5 Å². The molecule has 0 bridgehead atoms. The van der Waals surface area contributed by atoms with Gasteiger partial charge in [0.05, 0.1) is 0 Å². The van der Waals surface area contributed by atoms with Gasteiger partial charge in [0.2, 0.25) is 0 Å². The maximum Gasteiger partial charge on any atom is 0.694 e. The molecule has 0 rings (SSSR count). The van der Waals surface area contributed by atoms with Crippen LogP contribution in [0.4, 0.5) is 0 Å². The zero-order valence-corrected chi connectivity index (χ0v) is 12.7. The second-order valence-corrected chi connectivity index (χ2v) is 4.99. The second kappa shape index (κ2) is 16.5. The Morgan fingerprint density at radius 2 is 1.29 bits per heavy atom. The second-order valence-electron chi connectivity index (χ2n) is 4.25. The summed E-state index contributed by atoms with van der Waals surface area (Å²) < 4.78 is 14.8. The average Bonchev–Trinajstić information content (AvgIpc) is 2.25. The van der Waals surface area contributed by atoms with Gasteiger partial charge >= 0.3 is 8.25 Å². The van der Waals surface area contributed by atoms with Crippen LogP contribution in [0.25, 0.3) is 0 Å². The van der Waals surface area contributed by atoms with Crippen LogP contribution in [0.1, 0.15) is 71.1 Å². The predicted molar refractivity (Wildman–Crippen MR) is 67.6 cm³/mol. The molecule has 0 aliphatic rings. The largest absolute Gasteiger partial charge is 0.694 e. The summed E-state index contributed by atoms with van der Waals surface area (Å²) in [4.78, 5) is 8.38. The minimum atomic E-state index is -2.39. The number of rotatable bonds is 12. The molecule has 0 saturated carbocycles. The molecular formula is C12H26NiO3P+. The van der Waals surface area contributed by atoms with Crippen LogP contribution in [0.5, 0.6) is 0 Å². The predicted octanol–water partition coefficient (Wildman–Crippen LogP) is 4.57. The third kappa shape index (κ3) is 19.0. The van der Waals surface area contributed by atoms with Gasteiger partial charge in [0.15, 0.2) is 0 Å². The third-order valence-electron chi connectivity index (χ3n) is 2.70. The average molecular weight is 308 g/mol. The van der Waals surface area contributed by atoms with E-state index >= 15 is 0 Å². The molecule has 0 fully saturated rings. The van der Waals surface area contributed by atoms with Crippen LogP contribution < -0.4 is 0 Å². The van der Waals surface area contributed by atoms with E-state index in [4.69, 9.17) is 4.89 Å². The van der Waals surface area contributed by atoms with E-state index in [0.29, 0.717) is 6.61 Å². The van der Waals surface area contributed by atoms with Crippen molar-refractivity contribution in [3.63, 3.8) is 0 Å². The van der Waals surface area contributed by atoms with Gasteiger partial charge in [-0.1, -0.05) is 64.7 Å². The van der Waals surface area contributed by atoms with Gasteiger partial charge in [-0.25, -0.2) is 0 Å². The molecule has 0 heterocycles. The summed E-state index contributed by atoms with van der Waals surface area (Å²) in [5.41, 5.74) is 0. The van der Waals surface area contributed by atoms with E-state index < -0.39 is 8.25 Å². The van der Waals surface area contributed by atoms with E-state index in [1.807, 2.05) is 0 Å². The van der Waals surface area contributed by atoms with Crippen LogP contribution >= 0.6 is 8.25 Å². The molecule has 106 valence electrons. The van der Waals surface area contributed by atoms with Crippen molar-refractivity contribution in [2.75, 3.05) is 6.61 Å². The van der Waals surface area contributed by atoms with Crippen LogP contribution in [-0.2, 0) is 25.6 Å². The number of unbranched alkanes of at least 4 members (excludes halogenated alkanes) is 9. The minimum Gasteiger partial charge on any atom is -0.133 e. The monoisotopic (exact) mass is 307 g/mol. The molecule has 17 heavy (non-hydrogen) atoms. The molecule has 0 amide bonds. The number of hydrogen-bond donors (Lipinski definition) is 1. The van der Waals surface area contributed by atoms with Crippen molar-refractivity contribution in [3.05, 3.63) is 0 Å². The summed E-state index contributed by atoms with van der Waals surface area (Å²) >= 11 is 0. The van der Waals surface area contributed by atoms with Crippen LogP contribution in [0.15, 0.2) is 0 Å². The Bertz CT molecular complexity index is 168. The summed E-state index contributed by atoms with van der Waals surface area (Å²) in [5, 5.41) is 0. The van der Waals surface area contributed by atoms with Crippen molar-refractivity contribution < 1.29 is 30.5 Å². The first-order valence-corrected chi connectivity index (χ1v) is 7.69. The fraction of sp³-hybridized carbons (Fsp3) is 1.00. The van der Waals surface area contributed by atoms with Crippen molar-refractivity contribution in [1.29, 1.82) is 0 Å². The Labute approximate surface area is 117 Å². The molecular weight excluding hydrogens is 282 g/mol. The van der Waals surface area contributed by atoms with E-state index in [0.717, 1.165) is 12.8 Å². The maximum absolute atomic E-state index is 10.2. The summed E-state index contributed by atoms with van der Waals surface area (Å²) in [6.45, 7) is 2.66. The first kappa shape index (κ1) is 19.8. The third-order valence-corrected chi connectivity index (χ3v) is 3.10. The van der Waals surface area contributed by atoms with Gasteiger partial charge < -0.3 is 0 Å².